The summed E-state index contributed by atoms with van der Waals surface area (Å²) in [6.07, 6.45) is 1.05. The standard InChI is InChI=1S/C25H34FN3O4S/c1-17(2)22-9-7-8-10-23(22)29(34(6,32)33)16-24(30)28(19(5)25(31)27-18(3)4)15-20-11-13-21(26)14-12-20/h7-14,17-19H,15-16H2,1-6H3,(H,27,31)/t19-/m0/s1. The van der Waals surface area contributed by atoms with E-state index in [9.17, 15) is 22.4 Å². The first-order chi connectivity index (χ1) is 15.8. The molecule has 2 amide bonds. The van der Waals surface area contributed by atoms with E-state index in [0.29, 0.717) is 11.3 Å². The van der Waals surface area contributed by atoms with E-state index in [4.69, 9.17) is 0 Å². The van der Waals surface area contributed by atoms with Crippen molar-refractivity contribution in [2.75, 3.05) is 17.1 Å². The van der Waals surface area contributed by atoms with E-state index < -0.39 is 34.3 Å². The van der Waals surface area contributed by atoms with E-state index in [1.165, 1.54) is 29.2 Å². The van der Waals surface area contributed by atoms with Gasteiger partial charge in [0.25, 0.3) is 0 Å². The number of sulfonamides is 1. The lowest BCUT2D eigenvalue weighted by atomic mass is 10.0. The smallest absolute Gasteiger partial charge is 0.244 e. The van der Waals surface area contributed by atoms with Gasteiger partial charge in [-0.25, -0.2) is 12.8 Å². The Bertz CT molecular complexity index is 1100. The molecule has 2 aromatic carbocycles. The lowest BCUT2D eigenvalue weighted by molar-refractivity contribution is -0.139. The largest absolute Gasteiger partial charge is 0.352 e. The number of para-hydroxylation sites is 1. The van der Waals surface area contributed by atoms with Gasteiger partial charge in [-0.1, -0.05) is 44.2 Å². The van der Waals surface area contributed by atoms with Gasteiger partial charge in [0.2, 0.25) is 21.8 Å². The topological polar surface area (TPSA) is 86.8 Å². The summed E-state index contributed by atoms with van der Waals surface area (Å²) >= 11 is 0. The number of carbonyl (C=O) groups is 2. The predicted molar refractivity (Wildman–Crippen MR) is 132 cm³/mol. The molecular weight excluding hydrogens is 457 g/mol. The van der Waals surface area contributed by atoms with Crippen molar-refractivity contribution in [2.45, 2.75) is 59.2 Å². The van der Waals surface area contributed by atoms with Crippen LogP contribution in [0, 0.1) is 5.82 Å². The molecule has 0 bridgehead atoms. The van der Waals surface area contributed by atoms with Gasteiger partial charge in [-0.3, -0.25) is 13.9 Å². The van der Waals surface area contributed by atoms with Crippen molar-refractivity contribution in [1.29, 1.82) is 0 Å². The molecule has 0 saturated carbocycles. The Labute approximate surface area is 202 Å². The van der Waals surface area contributed by atoms with Gasteiger partial charge in [0.05, 0.1) is 11.9 Å². The molecule has 1 N–H and O–H groups in total. The lowest BCUT2D eigenvalue weighted by Crippen LogP contribution is -2.52. The summed E-state index contributed by atoms with van der Waals surface area (Å²) in [5.74, 6) is -1.29. The third-order valence-electron chi connectivity index (χ3n) is 5.37. The summed E-state index contributed by atoms with van der Waals surface area (Å²) in [7, 11) is -3.81. The Hall–Kier alpha value is -2.94. The van der Waals surface area contributed by atoms with E-state index in [1.54, 1.807) is 19.1 Å². The van der Waals surface area contributed by atoms with E-state index in [0.717, 1.165) is 16.1 Å². The SMILES string of the molecule is CC(C)NC(=O)[C@H](C)N(Cc1ccc(F)cc1)C(=O)CN(c1ccccc1C(C)C)S(C)(=O)=O. The quantitative estimate of drug-likeness (QED) is 0.550. The molecule has 2 aromatic rings. The fourth-order valence-corrected chi connectivity index (χ4v) is 4.44. The van der Waals surface area contributed by atoms with Gasteiger partial charge >= 0.3 is 0 Å². The summed E-state index contributed by atoms with van der Waals surface area (Å²) < 4.78 is 40.0. The molecule has 0 aromatic heterocycles. The number of hydrogen-bond acceptors (Lipinski definition) is 4. The van der Waals surface area contributed by atoms with Gasteiger partial charge in [0.15, 0.2) is 0 Å². The zero-order valence-corrected chi connectivity index (χ0v) is 21.4. The minimum atomic E-state index is -3.81. The Morgan fingerprint density at radius 2 is 1.56 bits per heavy atom. The molecule has 0 aliphatic heterocycles. The van der Waals surface area contributed by atoms with Gasteiger partial charge in [-0.05, 0) is 56.0 Å². The summed E-state index contributed by atoms with van der Waals surface area (Å²) in [6, 6.07) is 11.7. The van der Waals surface area contributed by atoms with Crippen LogP contribution < -0.4 is 9.62 Å². The number of nitrogens with one attached hydrogen (secondary N) is 1. The average molecular weight is 492 g/mol. The van der Waals surface area contributed by atoms with Gasteiger partial charge in [-0.15, -0.1) is 0 Å². The number of hydrogen-bond donors (Lipinski definition) is 1. The van der Waals surface area contributed by atoms with Crippen molar-refractivity contribution in [3.63, 3.8) is 0 Å². The number of anilines is 1. The maximum Gasteiger partial charge on any atom is 0.244 e. The molecule has 0 aliphatic rings. The zero-order valence-electron chi connectivity index (χ0n) is 20.6. The zero-order chi connectivity index (χ0) is 25.6. The summed E-state index contributed by atoms with van der Waals surface area (Å²) in [5.41, 5.74) is 1.83. The van der Waals surface area contributed by atoms with E-state index >= 15 is 0 Å². The average Bonchev–Trinajstić information content (AvgIpc) is 2.75. The molecule has 0 unspecified atom stereocenters. The number of rotatable bonds is 10. The summed E-state index contributed by atoms with van der Waals surface area (Å²) in [6.45, 7) is 8.65. The normalized spacial score (nSPS) is 12.5. The fourth-order valence-electron chi connectivity index (χ4n) is 3.57. The highest BCUT2D eigenvalue weighted by Gasteiger charge is 2.31. The molecule has 2 rings (SSSR count). The Kier molecular flexibility index (Phi) is 9.21. The predicted octanol–water partition coefficient (Wildman–Crippen LogP) is 3.66. The Morgan fingerprint density at radius 1 is 0.971 bits per heavy atom. The first-order valence-corrected chi connectivity index (χ1v) is 13.1. The fraction of sp³-hybridized carbons (Fsp3) is 0.440. The highest BCUT2D eigenvalue weighted by atomic mass is 32.2. The molecule has 0 radical (unpaired) electrons. The molecule has 186 valence electrons. The van der Waals surface area contributed by atoms with Gasteiger partial charge in [0, 0.05) is 12.6 Å². The number of benzene rings is 2. The minimum Gasteiger partial charge on any atom is -0.352 e. The summed E-state index contributed by atoms with van der Waals surface area (Å²) in [5, 5.41) is 2.79. The van der Waals surface area contributed by atoms with Crippen molar-refractivity contribution in [3.8, 4) is 0 Å². The number of halogens is 1. The van der Waals surface area contributed by atoms with Crippen molar-refractivity contribution in [1.82, 2.24) is 10.2 Å². The highest BCUT2D eigenvalue weighted by Crippen LogP contribution is 2.29. The first kappa shape index (κ1) is 27.3. The van der Waals surface area contributed by atoms with Crippen LogP contribution in [0.5, 0.6) is 0 Å². The molecular formula is C25H34FN3O4S. The summed E-state index contributed by atoms with van der Waals surface area (Å²) in [4.78, 5) is 27.6. The van der Waals surface area contributed by atoms with Crippen molar-refractivity contribution in [3.05, 3.63) is 65.5 Å². The van der Waals surface area contributed by atoms with E-state index in [-0.39, 0.29) is 24.4 Å². The molecule has 7 nitrogen and oxygen atoms in total. The van der Waals surface area contributed by atoms with Crippen LogP contribution in [-0.4, -0.2) is 50.0 Å². The molecule has 34 heavy (non-hydrogen) atoms. The van der Waals surface area contributed by atoms with Gasteiger partial charge in [-0.2, -0.15) is 0 Å². The maximum absolute atomic E-state index is 13.5. The van der Waals surface area contributed by atoms with Crippen molar-refractivity contribution >= 4 is 27.5 Å². The maximum atomic E-state index is 13.5. The molecule has 0 aliphatic carbocycles. The monoisotopic (exact) mass is 491 g/mol. The number of nitrogens with zero attached hydrogens (tertiary/aromatic N) is 2. The molecule has 0 heterocycles. The van der Waals surface area contributed by atoms with E-state index in [1.807, 2.05) is 39.8 Å². The lowest BCUT2D eigenvalue weighted by Gasteiger charge is -2.32. The Balaban J connectivity index is 2.45. The Morgan fingerprint density at radius 3 is 2.09 bits per heavy atom. The number of carbonyl (C=O) groups excluding carboxylic acids is 2. The van der Waals surface area contributed by atoms with Crippen molar-refractivity contribution < 1.29 is 22.4 Å². The van der Waals surface area contributed by atoms with Crippen LogP contribution in [0.1, 0.15) is 51.7 Å². The first-order valence-electron chi connectivity index (χ1n) is 11.2. The van der Waals surface area contributed by atoms with Crippen LogP contribution >= 0.6 is 0 Å². The van der Waals surface area contributed by atoms with Crippen molar-refractivity contribution in [2.24, 2.45) is 0 Å². The third-order valence-corrected chi connectivity index (χ3v) is 6.50. The second-order valence-electron chi connectivity index (χ2n) is 8.97. The van der Waals surface area contributed by atoms with Crippen LogP contribution in [-0.2, 0) is 26.2 Å². The second kappa shape index (κ2) is 11.5. The van der Waals surface area contributed by atoms with Crippen LogP contribution in [0.2, 0.25) is 0 Å². The molecule has 9 heteroatoms. The third kappa shape index (κ3) is 7.28. The van der Waals surface area contributed by atoms with E-state index in [2.05, 4.69) is 5.32 Å². The number of amides is 2. The molecule has 0 saturated heterocycles. The molecule has 0 spiro atoms. The van der Waals surface area contributed by atoms with Crippen LogP contribution in [0.25, 0.3) is 0 Å². The van der Waals surface area contributed by atoms with Gasteiger partial charge < -0.3 is 10.2 Å². The molecule has 0 fully saturated rings. The minimum absolute atomic E-state index is 0.0230. The van der Waals surface area contributed by atoms with Crippen LogP contribution in [0.3, 0.4) is 0 Å². The van der Waals surface area contributed by atoms with Crippen LogP contribution in [0.15, 0.2) is 48.5 Å². The van der Waals surface area contributed by atoms with Gasteiger partial charge in [0.1, 0.15) is 18.4 Å². The highest BCUT2D eigenvalue weighted by molar-refractivity contribution is 7.92. The van der Waals surface area contributed by atoms with Crippen LogP contribution in [0.4, 0.5) is 10.1 Å². The second-order valence-corrected chi connectivity index (χ2v) is 10.9. The molecule has 1 atom stereocenters.